The van der Waals surface area contributed by atoms with Crippen LogP contribution in [0.15, 0.2) is 11.6 Å². The molecule has 0 spiro atoms. The lowest BCUT2D eigenvalue weighted by molar-refractivity contribution is 0.280. The van der Waals surface area contributed by atoms with E-state index < -0.39 is 21.2 Å². The van der Waals surface area contributed by atoms with Crippen LogP contribution in [0, 0.1) is 0 Å². The molecule has 1 atom stereocenters. The van der Waals surface area contributed by atoms with Crippen molar-refractivity contribution in [1.82, 2.24) is 0 Å². The molecule has 0 aromatic rings. The largest absolute Gasteiger partial charge is 0.438 e. The Morgan fingerprint density at radius 2 is 1.86 bits per heavy atom. The molecule has 14 heavy (non-hydrogen) atoms. The van der Waals surface area contributed by atoms with Crippen molar-refractivity contribution >= 4 is 14.6 Å². The SMILES string of the molecule is C/C(=C\COP(=O)(O)P(=O)(O)O)CO. The highest BCUT2D eigenvalue weighted by atomic mass is 32.1. The zero-order valence-electron chi connectivity index (χ0n) is 7.40. The van der Waals surface area contributed by atoms with Gasteiger partial charge in [0.25, 0.3) is 0 Å². The van der Waals surface area contributed by atoms with Gasteiger partial charge in [0.05, 0.1) is 13.2 Å². The molecule has 0 aliphatic heterocycles. The van der Waals surface area contributed by atoms with Crippen LogP contribution >= 0.6 is 14.6 Å². The van der Waals surface area contributed by atoms with Crippen LogP contribution in [0.1, 0.15) is 6.92 Å². The van der Waals surface area contributed by atoms with Gasteiger partial charge in [-0.2, -0.15) is 0 Å². The molecule has 7 nitrogen and oxygen atoms in total. The lowest BCUT2D eigenvalue weighted by atomic mass is 10.3. The van der Waals surface area contributed by atoms with E-state index in [1.807, 2.05) is 0 Å². The van der Waals surface area contributed by atoms with Crippen LogP contribution in [0.4, 0.5) is 0 Å². The molecule has 0 saturated heterocycles. The lowest BCUT2D eigenvalue weighted by Gasteiger charge is -2.11. The first-order valence-corrected chi connectivity index (χ1v) is 7.40. The molecule has 0 bridgehead atoms. The van der Waals surface area contributed by atoms with Crippen molar-refractivity contribution in [2.75, 3.05) is 13.2 Å². The molecule has 4 N–H and O–H groups in total. The molecule has 0 aromatic heterocycles. The van der Waals surface area contributed by atoms with Crippen molar-refractivity contribution in [1.29, 1.82) is 0 Å². The molecule has 1 unspecified atom stereocenters. The topological polar surface area (TPSA) is 124 Å². The summed E-state index contributed by atoms with van der Waals surface area (Å²) in [6, 6.07) is 0. The van der Waals surface area contributed by atoms with E-state index in [9.17, 15) is 9.13 Å². The Balaban J connectivity index is 4.29. The minimum Gasteiger partial charge on any atom is -0.392 e. The highest BCUT2D eigenvalue weighted by molar-refractivity contribution is 8.26. The summed E-state index contributed by atoms with van der Waals surface area (Å²) in [6.45, 7) is 0.837. The Kier molecular flexibility index (Phi) is 5.19. The van der Waals surface area contributed by atoms with Crippen LogP contribution in [0.5, 0.6) is 0 Å². The second kappa shape index (κ2) is 5.19. The van der Waals surface area contributed by atoms with Gasteiger partial charge in [0, 0.05) is 0 Å². The van der Waals surface area contributed by atoms with Crippen molar-refractivity contribution in [3.8, 4) is 0 Å². The molecule has 9 heteroatoms. The maximum Gasteiger partial charge on any atom is 0.438 e. The Labute approximate surface area is 80.6 Å². The predicted molar refractivity (Wildman–Crippen MR) is 48.7 cm³/mol. The first-order chi connectivity index (χ1) is 6.20. The molecule has 84 valence electrons. The number of rotatable bonds is 5. The summed E-state index contributed by atoms with van der Waals surface area (Å²) in [5.74, 6) is 0. The molecule has 0 aliphatic rings. The van der Waals surface area contributed by atoms with Gasteiger partial charge in [-0.1, -0.05) is 6.08 Å². The fourth-order valence-corrected chi connectivity index (χ4v) is 1.49. The van der Waals surface area contributed by atoms with Gasteiger partial charge in [-0.25, -0.2) is 9.13 Å². The second-order valence-electron chi connectivity index (χ2n) is 2.51. The van der Waals surface area contributed by atoms with Crippen LogP contribution in [-0.4, -0.2) is 33.0 Å². The van der Waals surface area contributed by atoms with E-state index in [1.165, 1.54) is 13.0 Å². The van der Waals surface area contributed by atoms with Crippen molar-refractivity contribution < 1.29 is 33.4 Å². The maximum absolute atomic E-state index is 10.8. The number of hydrogen-bond acceptors (Lipinski definition) is 4. The van der Waals surface area contributed by atoms with E-state index in [4.69, 9.17) is 19.8 Å². The van der Waals surface area contributed by atoms with E-state index in [-0.39, 0.29) is 6.61 Å². The van der Waals surface area contributed by atoms with Crippen LogP contribution in [0.2, 0.25) is 0 Å². The lowest BCUT2D eigenvalue weighted by Crippen LogP contribution is -1.93. The van der Waals surface area contributed by atoms with Gasteiger partial charge in [0.15, 0.2) is 0 Å². The summed E-state index contributed by atoms with van der Waals surface area (Å²) in [6.07, 6.45) is 1.25. The summed E-state index contributed by atoms with van der Waals surface area (Å²) in [4.78, 5) is 25.5. The van der Waals surface area contributed by atoms with E-state index in [1.54, 1.807) is 0 Å². The van der Waals surface area contributed by atoms with Crippen molar-refractivity contribution in [3.63, 3.8) is 0 Å². The average molecular weight is 246 g/mol. The van der Waals surface area contributed by atoms with Gasteiger partial charge in [-0.15, -0.1) is 0 Å². The summed E-state index contributed by atoms with van der Waals surface area (Å²) >= 11 is 0. The molecule has 0 amide bonds. The maximum atomic E-state index is 10.8. The Bertz CT molecular complexity index is 303. The zero-order valence-corrected chi connectivity index (χ0v) is 9.19. The van der Waals surface area contributed by atoms with E-state index in [0.29, 0.717) is 5.57 Å². The van der Waals surface area contributed by atoms with Gasteiger partial charge in [-0.05, 0) is 12.5 Å². The van der Waals surface area contributed by atoms with Crippen LogP contribution in [-0.2, 0) is 13.7 Å². The first-order valence-electron chi connectivity index (χ1n) is 3.50. The van der Waals surface area contributed by atoms with Crippen molar-refractivity contribution in [3.05, 3.63) is 11.6 Å². The second-order valence-corrected chi connectivity index (χ2v) is 7.85. The predicted octanol–water partition coefficient (Wildman–Crippen LogP) is 0.220. The van der Waals surface area contributed by atoms with E-state index in [0.717, 1.165) is 0 Å². The molecule has 0 aliphatic carbocycles. The van der Waals surface area contributed by atoms with Crippen LogP contribution in [0.3, 0.4) is 0 Å². The van der Waals surface area contributed by atoms with Crippen LogP contribution < -0.4 is 0 Å². The third kappa shape index (κ3) is 4.48. The third-order valence-corrected chi connectivity index (χ3v) is 4.72. The quantitative estimate of drug-likeness (QED) is 0.404. The number of aliphatic hydroxyl groups excluding tert-OH is 1. The number of hydrogen-bond donors (Lipinski definition) is 4. The molecule has 0 heterocycles. The first kappa shape index (κ1) is 14.0. The highest BCUT2D eigenvalue weighted by Crippen LogP contribution is 2.74. The molecule has 0 fully saturated rings. The fourth-order valence-electron chi connectivity index (χ4n) is 0.416. The van der Waals surface area contributed by atoms with Gasteiger partial charge in [-0.3, -0.25) is 4.52 Å². The Hall–Kier alpha value is -0.0000000000000000694. The fraction of sp³-hybridized carbons (Fsp3) is 0.600. The summed E-state index contributed by atoms with van der Waals surface area (Å²) in [7, 11) is -10.0. The molecule has 0 saturated carbocycles. The summed E-state index contributed by atoms with van der Waals surface area (Å²) in [5.41, 5.74) is 0.468. The van der Waals surface area contributed by atoms with Gasteiger partial charge in [0.1, 0.15) is 0 Å². The van der Waals surface area contributed by atoms with E-state index in [2.05, 4.69) is 4.52 Å². The van der Waals surface area contributed by atoms with Crippen LogP contribution in [0.25, 0.3) is 0 Å². The normalized spacial score (nSPS) is 17.9. The smallest absolute Gasteiger partial charge is 0.392 e. The highest BCUT2D eigenvalue weighted by Gasteiger charge is 2.41. The number of aliphatic hydroxyl groups is 1. The van der Waals surface area contributed by atoms with Crippen molar-refractivity contribution in [2.24, 2.45) is 0 Å². The van der Waals surface area contributed by atoms with E-state index >= 15 is 0 Å². The van der Waals surface area contributed by atoms with Gasteiger partial charge in [0.2, 0.25) is 0 Å². The summed E-state index contributed by atoms with van der Waals surface area (Å²) in [5, 5.41) is 8.52. The standard InChI is InChI=1S/C5H12O7P2/c1-5(4-6)2-3-12-14(10,11)13(7,8)9/h2,6H,3-4H2,1H3,(H,10,11)(H2,7,8,9)/b5-2+. The third-order valence-electron chi connectivity index (χ3n) is 1.25. The molecular weight excluding hydrogens is 234 g/mol. The van der Waals surface area contributed by atoms with Gasteiger partial charge < -0.3 is 19.8 Å². The minimum absolute atomic E-state index is 0.255. The molecule has 0 aromatic carbocycles. The summed E-state index contributed by atoms with van der Waals surface area (Å²) < 4.78 is 25.3. The monoisotopic (exact) mass is 246 g/mol. The minimum atomic E-state index is -5.14. The van der Waals surface area contributed by atoms with Gasteiger partial charge >= 0.3 is 14.6 Å². The Morgan fingerprint density at radius 1 is 1.36 bits per heavy atom. The average Bonchev–Trinajstić information content (AvgIpc) is 2.01. The molecule has 0 rings (SSSR count). The van der Waals surface area contributed by atoms with Crippen molar-refractivity contribution in [2.45, 2.75) is 6.92 Å². The molecular formula is C5H12O7P2. The zero-order chi connectivity index (χ0) is 11.4. The Morgan fingerprint density at radius 3 is 2.21 bits per heavy atom. The molecule has 0 radical (unpaired) electrons.